The second-order valence-corrected chi connectivity index (χ2v) is 6.28. The van der Waals surface area contributed by atoms with Crippen molar-refractivity contribution >= 4 is 17.0 Å². The molecule has 28 heavy (non-hydrogen) atoms. The molecule has 5 nitrogen and oxygen atoms in total. The van der Waals surface area contributed by atoms with Crippen LogP contribution in [0.5, 0.6) is 17.2 Å². The molecule has 0 N–H and O–H groups in total. The third-order valence-electron chi connectivity index (χ3n) is 4.31. The third-order valence-corrected chi connectivity index (χ3v) is 4.31. The van der Waals surface area contributed by atoms with Crippen LogP contribution in [0.15, 0.2) is 63.8 Å². The van der Waals surface area contributed by atoms with E-state index in [1.807, 2.05) is 43.3 Å². The van der Waals surface area contributed by atoms with E-state index in [2.05, 4.69) is 6.58 Å². The van der Waals surface area contributed by atoms with Gasteiger partial charge in [-0.05, 0) is 37.3 Å². The Labute approximate surface area is 163 Å². The maximum Gasteiger partial charge on any atom is 0.197 e. The number of fused-ring (bicyclic) bond motifs is 1. The average molecular weight is 378 g/mol. The normalized spacial score (nSPS) is 11.0. The van der Waals surface area contributed by atoms with Crippen molar-refractivity contribution in [2.45, 2.75) is 6.92 Å². The molecule has 3 aromatic rings. The van der Waals surface area contributed by atoms with Crippen LogP contribution in [0.2, 0.25) is 0 Å². The minimum Gasteiger partial charge on any atom is -0.497 e. The van der Waals surface area contributed by atoms with Crippen LogP contribution in [-0.4, -0.2) is 21.3 Å². The zero-order chi connectivity index (χ0) is 20.3. The Morgan fingerprint density at radius 1 is 1.04 bits per heavy atom. The Morgan fingerprint density at radius 2 is 1.75 bits per heavy atom. The molecule has 0 aliphatic heterocycles. The molecule has 0 aliphatic rings. The van der Waals surface area contributed by atoms with Crippen molar-refractivity contribution in [1.82, 2.24) is 0 Å². The minimum atomic E-state index is -0.198. The summed E-state index contributed by atoms with van der Waals surface area (Å²) >= 11 is 0. The fourth-order valence-corrected chi connectivity index (χ4v) is 2.94. The van der Waals surface area contributed by atoms with Crippen LogP contribution in [0.3, 0.4) is 0 Å². The molecule has 5 heteroatoms. The standard InChI is InChI=1S/C23H22O5/c1-14(2)6-11-17-20(26-4)13-21-22(23(17)27-5)18(24)12-19(28-21)15-7-9-16(25-3)10-8-15/h6-13H,1H2,2-5H3/b11-6+. The molecular weight excluding hydrogens is 356 g/mol. The first-order valence-corrected chi connectivity index (χ1v) is 8.69. The van der Waals surface area contributed by atoms with Gasteiger partial charge < -0.3 is 18.6 Å². The largest absolute Gasteiger partial charge is 0.497 e. The Balaban J connectivity index is 2.26. The monoisotopic (exact) mass is 378 g/mol. The van der Waals surface area contributed by atoms with E-state index in [0.29, 0.717) is 33.8 Å². The summed E-state index contributed by atoms with van der Waals surface area (Å²) in [5.41, 5.74) is 2.48. The Bertz CT molecular complexity index is 1100. The predicted octanol–water partition coefficient (Wildman–Crippen LogP) is 5.08. The van der Waals surface area contributed by atoms with Gasteiger partial charge in [0.25, 0.3) is 0 Å². The summed E-state index contributed by atoms with van der Waals surface area (Å²) in [4.78, 5) is 12.9. The summed E-state index contributed by atoms with van der Waals surface area (Å²) < 4.78 is 22.3. The molecule has 0 spiro atoms. The molecular formula is C23H22O5. The molecule has 0 unspecified atom stereocenters. The molecule has 0 atom stereocenters. The number of benzene rings is 2. The van der Waals surface area contributed by atoms with Gasteiger partial charge in [0.1, 0.15) is 34.0 Å². The van der Waals surface area contributed by atoms with E-state index in [4.69, 9.17) is 18.6 Å². The fourth-order valence-electron chi connectivity index (χ4n) is 2.94. The zero-order valence-electron chi connectivity index (χ0n) is 16.4. The van der Waals surface area contributed by atoms with Gasteiger partial charge in [-0.15, -0.1) is 0 Å². The number of hydrogen-bond donors (Lipinski definition) is 0. The average Bonchev–Trinajstić information content (AvgIpc) is 2.70. The lowest BCUT2D eigenvalue weighted by Gasteiger charge is -2.13. The fraction of sp³-hybridized carbons (Fsp3) is 0.174. The number of allylic oxidation sites excluding steroid dienone is 2. The predicted molar refractivity (Wildman–Crippen MR) is 111 cm³/mol. The van der Waals surface area contributed by atoms with Crippen molar-refractivity contribution in [3.05, 3.63) is 70.4 Å². The van der Waals surface area contributed by atoms with E-state index in [9.17, 15) is 4.79 Å². The second-order valence-electron chi connectivity index (χ2n) is 6.28. The molecule has 0 fully saturated rings. The van der Waals surface area contributed by atoms with Gasteiger partial charge in [-0.25, -0.2) is 0 Å². The zero-order valence-corrected chi connectivity index (χ0v) is 16.4. The van der Waals surface area contributed by atoms with Crippen molar-refractivity contribution in [3.8, 4) is 28.6 Å². The summed E-state index contributed by atoms with van der Waals surface area (Å²) in [5.74, 6) is 2.12. The van der Waals surface area contributed by atoms with Gasteiger partial charge in [-0.1, -0.05) is 18.2 Å². The van der Waals surface area contributed by atoms with Gasteiger partial charge in [0, 0.05) is 17.7 Å². The summed E-state index contributed by atoms with van der Waals surface area (Å²) in [6, 6.07) is 10.5. The Hall–Kier alpha value is -3.47. The van der Waals surface area contributed by atoms with E-state index < -0.39 is 0 Å². The van der Waals surface area contributed by atoms with Crippen LogP contribution in [-0.2, 0) is 0 Å². The topological polar surface area (TPSA) is 57.9 Å². The SMILES string of the molecule is C=C(C)/C=C/c1c(OC)cc2oc(-c3ccc(OC)cc3)cc(=O)c2c1OC. The van der Waals surface area contributed by atoms with E-state index in [-0.39, 0.29) is 5.43 Å². The van der Waals surface area contributed by atoms with Crippen molar-refractivity contribution in [2.75, 3.05) is 21.3 Å². The molecule has 0 radical (unpaired) electrons. The summed E-state index contributed by atoms with van der Waals surface area (Å²) in [6.07, 6.45) is 3.65. The molecule has 0 bridgehead atoms. The number of ether oxygens (including phenoxy) is 3. The quantitative estimate of drug-likeness (QED) is 0.560. The van der Waals surface area contributed by atoms with Crippen LogP contribution in [0.25, 0.3) is 28.4 Å². The van der Waals surface area contributed by atoms with Crippen molar-refractivity contribution < 1.29 is 18.6 Å². The molecule has 1 aromatic heterocycles. The van der Waals surface area contributed by atoms with Crippen LogP contribution in [0.4, 0.5) is 0 Å². The highest BCUT2D eigenvalue weighted by Gasteiger charge is 2.18. The summed E-state index contributed by atoms with van der Waals surface area (Å²) in [6.45, 7) is 5.74. The molecule has 0 saturated heterocycles. The van der Waals surface area contributed by atoms with Gasteiger partial charge in [0.2, 0.25) is 0 Å². The highest BCUT2D eigenvalue weighted by molar-refractivity contribution is 5.91. The smallest absolute Gasteiger partial charge is 0.197 e. The Morgan fingerprint density at radius 3 is 2.32 bits per heavy atom. The van der Waals surface area contributed by atoms with E-state index in [1.54, 1.807) is 20.3 Å². The molecule has 0 saturated carbocycles. The summed E-state index contributed by atoms with van der Waals surface area (Å²) in [5, 5.41) is 0.363. The highest BCUT2D eigenvalue weighted by Crippen LogP contribution is 2.38. The van der Waals surface area contributed by atoms with E-state index in [0.717, 1.165) is 16.9 Å². The van der Waals surface area contributed by atoms with Crippen molar-refractivity contribution in [2.24, 2.45) is 0 Å². The van der Waals surface area contributed by atoms with Gasteiger partial charge in [-0.2, -0.15) is 0 Å². The highest BCUT2D eigenvalue weighted by atomic mass is 16.5. The van der Waals surface area contributed by atoms with Gasteiger partial charge in [0.05, 0.1) is 26.9 Å². The molecule has 1 heterocycles. The van der Waals surface area contributed by atoms with Crippen LogP contribution < -0.4 is 19.6 Å². The van der Waals surface area contributed by atoms with Gasteiger partial charge in [-0.3, -0.25) is 4.79 Å². The molecule has 3 rings (SSSR count). The number of hydrogen-bond acceptors (Lipinski definition) is 5. The maximum absolute atomic E-state index is 12.9. The lowest BCUT2D eigenvalue weighted by molar-refractivity contribution is 0.394. The van der Waals surface area contributed by atoms with Gasteiger partial charge in [0.15, 0.2) is 5.43 Å². The molecule has 2 aromatic carbocycles. The second kappa shape index (κ2) is 8.05. The number of methoxy groups -OCH3 is 3. The van der Waals surface area contributed by atoms with E-state index >= 15 is 0 Å². The lowest BCUT2D eigenvalue weighted by atomic mass is 10.1. The first-order chi connectivity index (χ1) is 13.5. The summed E-state index contributed by atoms with van der Waals surface area (Å²) in [7, 11) is 4.68. The third kappa shape index (κ3) is 3.64. The van der Waals surface area contributed by atoms with Crippen molar-refractivity contribution in [1.29, 1.82) is 0 Å². The number of rotatable bonds is 6. The van der Waals surface area contributed by atoms with E-state index in [1.165, 1.54) is 13.2 Å². The first-order valence-electron chi connectivity index (χ1n) is 8.69. The minimum absolute atomic E-state index is 0.198. The van der Waals surface area contributed by atoms with Crippen molar-refractivity contribution in [3.63, 3.8) is 0 Å². The van der Waals surface area contributed by atoms with Gasteiger partial charge >= 0.3 is 0 Å². The lowest BCUT2D eigenvalue weighted by Crippen LogP contribution is -2.05. The molecule has 0 amide bonds. The van der Waals surface area contributed by atoms with Crippen LogP contribution >= 0.6 is 0 Å². The first kappa shape index (κ1) is 19.3. The molecule has 144 valence electrons. The Kier molecular flexibility index (Phi) is 5.54. The maximum atomic E-state index is 12.9. The van der Waals surface area contributed by atoms with Crippen LogP contribution in [0, 0.1) is 0 Å². The molecule has 0 aliphatic carbocycles. The van der Waals surface area contributed by atoms with Crippen LogP contribution in [0.1, 0.15) is 12.5 Å².